The summed E-state index contributed by atoms with van der Waals surface area (Å²) in [7, 11) is -7.66. The number of benzene rings is 2. The van der Waals surface area contributed by atoms with Crippen molar-refractivity contribution in [3.63, 3.8) is 0 Å². The number of nitrogens with one attached hydrogen (secondary N) is 1. The first-order valence-corrected chi connectivity index (χ1v) is 12.1. The molecule has 0 spiro atoms. The third kappa shape index (κ3) is 4.65. The lowest BCUT2D eigenvalue weighted by Crippen LogP contribution is -2.33. The molecule has 29 heavy (non-hydrogen) atoms. The lowest BCUT2D eigenvalue weighted by molar-refractivity contribution is -0.114. The number of carbonyl (C=O) groups excluding carboxylic acids is 1. The molecule has 1 amide bonds. The quantitative estimate of drug-likeness (QED) is 0.787. The molecule has 1 heterocycles. The molecule has 156 valence electrons. The highest BCUT2D eigenvalue weighted by molar-refractivity contribution is 7.92. The van der Waals surface area contributed by atoms with E-state index >= 15 is 0 Å². The van der Waals surface area contributed by atoms with E-state index < -0.39 is 36.7 Å². The summed E-state index contributed by atoms with van der Waals surface area (Å²) in [4.78, 5) is 11.1. The third-order valence-corrected chi connectivity index (χ3v) is 8.79. The average molecular weight is 441 g/mol. The molecule has 1 atom stereocenters. The highest BCUT2D eigenvalue weighted by Gasteiger charge is 2.36. The lowest BCUT2D eigenvalue weighted by Gasteiger charge is -2.20. The molecule has 1 fully saturated rings. The van der Waals surface area contributed by atoms with Gasteiger partial charge in [-0.1, -0.05) is 18.2 Å². The molecule has 1 aliphatic heterocycles. The molecule has 0 aromatic heterocycles. The van der Waals surface area contributed by atoms with Crippen LogP contribution in [-0.4, -0.2) is 45.9 Å². The maximum absolute atomic E-state index is 14.1. The Morgan fingerprint density at radius 2 is 1.76 bits per heavy atom. The van der Waals surface area contributed by atoms with Crippen LogP contribution in [0, 0.1) is 5.82 Å². The third-order valence-electron chi connectivity index (χ3n) is 4.76. The average Bonchev–Trinajstić information content (AvgIpc) is 2.81. The number of sulfonamides is 1. The van der Waals surface area contributed by atoms with E-state index in [2.05, 4.69) is 5.32 Å². The van der Waals surface area contributed by atoms with Gasteiger partial charge >= 0.3 is 0 Å². The number of nitrogens with zero attached hydrogens (tertiary/aromatic N) is 1. The molecule has 0 saturated carbocycles. The highest BCUT2D eigenvalue weighted by atomic mass is 32.2. The number of rotatable bonds is 4. The fourth-order valence-corrected chi connectivity index (χ4v) is 6.69. The predicted molar refractivity (Wildman–Crippen MR) is 107 cm³/mol. The zero-order valence-electron chi connectivity index (χ0n) is 15.7. The number of carbonyl (C=O) groups is 1. The van der Waals surface area contributed by atoms with Gasteiger partial charge in [-0.25, -0.2) is 21.2 Å². The summed E-state index contributed by atoms with van der Waals surface area (Å²) >= 11 is 0. The first-order chi connectivity index (χ1) is 13.6. The molecular weight excluding hydrogens is 419 g/mol. The molecule has 0 radical (unpaired) electrons. The molecule has 1 N–H and O–H groups in total. The van der Waals surface area contributed by atoms with Gasteiger partial charge in [0.2, 0.25) is 15.9 Å². The molecule has 1 aliphatic rings. The van der Waals surface area contributed by atoms with Crippen molar-refractivity contribution in [2.45, 2.75) is 23.5 Å². The zero-order valence-corrected chi connectivity index (χ0v) is 17.3. The normalized spacial score (nSPS) is 20.0. The van der Waals surface area contributed by atoms with Crippen LogP contribution in [0.2, 0.25) is 0 Å². The van der Waals surface area contributed by atoms with E-state index in [0.29, 0.717) is 5.69 Å². The summed E-state index contributed by atoms with van der Waals surface area (Å²) in [6.07, 6.45) is -0.0352. The number of hydrogen-bond acceptors (Lipinski definition) is 5. The minimum Gasteiger partial charge on any atom is -0.326 e. The van der Waals surface area contributed by atoms with Crippen LogP contribution in [0.5, 0.6) is 0 Å². The van der Waals surface area contributed by atoms with E-state index in [4.69, 9.17) is 0 Å². The minimum atomic E-state index is -3.93. The summed E-state index contributed by atoms with van der Waals surface area (Å²) in [6, 6.07) is 11.3. The van der Waals surface area contributed by atoms with Crippen LogP contribution in [-0.2, 0) is 24.7 Å². The minimum absolute atomic E-state index is 0.00617. The Bertz CT molecular complexity index is 1120. The van der Waals surface area contributed by atoms with E-state index in [1.807, 2.05) is 0 Å². The lowest BCUT2D eigenvalue weighted by atomic mass is 10.1. The second kappa shape index (κ2) is 8.21. The van der Waals surface area contributed by atoms with Crippen LogP contribution in [0.4, 0.5) is 10.1 Å². The van der Waals surface area contributed by atoms with Gasteiger partial charge in [-0.05, 0) is 36.8 Å². The Morgan fingerprint density at radius 3 is 2.38 bits per heavy atom. The smallest absolute Gasteiger partial charge is 0.243 e. The van der Waals surface area contributed by atoms with E-state index in [9.17, 15) is 26.0 Å². The predicted octanol–water partition coefficient (Wildman–Crippen LogP) is 2.33. The topological polar surface area (TPSA) is 101 Å². The largest absolute Gasteiger partial charge is 0.326 e. The van der Waals surface area contributed by atoms with Gasteiger partial charge in [0.25, 0.3) is 0 Å². The van der Waals surface area contributed by atoms with Crippen LogP contribution < -0.4 is 5.32 Å². The number of amides is 1. The Balaban J connectivity index is 1.85. The van der Waals surface area contributed by atoms with Crippen LogP contribution in [0.25, 0.3) is 0 Å². The summed E-state index contributed by atoms with van der Waals surface area (Å²) in [5.74, 6) is -1.29. The first-order valence-electron chi connectivity index (χ1n) is 8.95. The molecular formula is C19H21FN2O5S2. The van der Waals surface area contributed by atoms with Gasteiger partial charge in [0.1, 0.15) is 5.82 Å². The molecule has 0 unspecified atom stereocenters. The molecule has 2 aromatic rings. The summed E-state index contributed by atoms with van der Waals surface area (Å²) in [6.45, 7) is 1.09. The van der Waals surface area contributed by atoms with Crippen LogP contribution in [0.1, 0.15) is 24.2 Å². The molecule has 2 aromatic carbocycles. The fourth-order valence-electron chi connectivity index (χ4n) is 3.31. The van der Waals surface area contributed by atoms with E-state index in [-0.39, 0.29) is 35.9 Å². The maximum atomic E-state index is 14.1. The Morgan fingerprint density at radius 1 is 1.10 bits per heavy atom. The summed E-state index contributed by atoms with van der Waals surface area (Å²) in [5, 5.41) is 1.46. The number of hydrogen-bond donors (Lipinski definition) is 1. The maximum Gasteiger partial charge on any atom is 0.243 e. The molecule has 7 nitrogen and oxygen atoms in total. The van der Waals surface area contributed by atoms with E-state index in [0.717, 1.165) is 4.31 Å². The Kier molecular flexibility index (Phi) is 6.06. The zero-order chi connectivity index (χ0) is 21.2. The number of halogens is 1. The summed E-state index contributed by atoms with van der Waals surface area (Å²) in [5.41, 5.74) is 0.515. The van der Waals surface area contributed by atoms with E-state index in [1.54, 1.807) is 6.07 Å². The van der Waals surface area contributed by atoms with Crippen LogP contribution >= 0.6 is 0 Å². The van der Waals surface area contributed by atoms with Crippen molar-refractivity contribution >= 4 is 31.5 Å². The van der Waals surface area contributed by atoms with Crippen LogP contribution in [0.3, 0.4) is 0 Å². The summed E-state index contributed by atoms with van der Waals surface area (Å²) < 4.78 is 66.6. The number of sulfone groups is 1. The molecule has 0 aliphatic carbocycles. The van der Waals surface area contributed by atoms with Crippen molar-refractivity contribution in [1.29, 1.82) is 0 Å². The van der Waals surface area contributed by atoms with Gasteiger partial charge in [-0.3, -0.25) is 4.79 Å². The van der Waals surface area contributed by atoms with Crippen molar-refractivity contribution in [1.82, 2.24) is 4.31 Å². The van der Waals surface area contributed by atoms with Crippen molar-refractivity contribution in [2.24, 2.45) is 0 Å². The van der Waals surface area contributed by atoms with Crippen molar-refractivity contribution in [2.75, 3.05) is 24.2 Å². The van der Waals surface area contributed by atoms with E-state index in [1.165, 1.54) is 49.4 Å². The first kappa shape index (κ1) is 21.4. The Labute approximate surface area is 169 Å². The molecule has 0 bridgehead atoms. The fraction of sp³-hybridized carbons (Fsp3) is 0.316. The molecule has 3 rings (SSSR count). The van der Waals surface area contributed by atoms with Gasteiger partial charge in [0, 0.05) is 31.3 Å². The monoisotopic (exact) mass is 440 g/mol. The van der Waals surface area contributed by atoms with Gasteiger partial charge < -0.3 is 5.32 Å². The standard InChI is InChI=1S/C19H21FN2O5S2/c1-14(23)21-15-6-8-16(9-7-15)29(26,27)22-11-10-19(28(24,25)13-12-22)17-4-2-3-5-18(17)20/h2-9,19H,10-13H2,1H3,(H,21,23)/t19-/m0/s1. The van der Waals surface area contributed by atoms with Crippen molar-refractivity contribution < 1.29 is 26.0 Å². The Hall–Kier alpha value is -2.30. The molecule has 10 heteroatoms. The molecule has 1 saturated heterocycles. The second-order valence-electron chi connectivity index (χ2n) is 6.78. The van der Waals surface area contributed by atoms with Gasteiger partial charge in [0.05, 0.1) is 15.9 Å². The van der Waals surface area contributed by atoms with Gasteiger partial charge in [0.15, 0.2) is 9.84 Å². The van der Waals surface area contributed by atoms with Gasteiger partial charge in [-0.15, -0.1) is 0 Å². The van der Waals surface area contributed by atoms with Crippen molar-refractivity contribution in [3.8, 4) is 0 Å². The van der Waals surface area contributed by atoms with Crippen molar-refractivity contribution in [3.05, 3.63) is 59.9 Å². The highest BCUT2D eigenvalue weighted by Crippen LogP contribution is 2.32. The SMILES string of the molecule is CC(=O)Nc1ccc(S(=O)(=O)N2CC[C@@H](c3ccccc3F)S(=O)(=O)CC2)cc1. The second-order valence-corrected chi connectivity index (χ2v) is 11.0. The van der Waals surface area contributed by atoms with Crippen LogP contribution in [0.15, 0.2) is 53.4 Å². The van der Waals surface area contributed by atoms with Gasteiger partial charge in [-0.2, -0.15) is 4.31 Å². The number of anilines is 1.